The molecular formula is C24H33KN4O2. The van der Waals surface area contributed by atoms with E-state index in [1.807, 2.05) is 36.4 Å². The number of allylic oxidation sites excluding steroid dienone is 1. The average molecular weight is 449 g/mol. The van der Waals surface area contributed by atoms with Crippen LogP contribution in [-0.2, 0) is 0 Å². The zero-order chi connectivity index (χ0) is 21.5. The van der Waals surface area contributed by atoms with E-state index in [4.69, 9.17) is 26.3 Å². The summed E-state index contributed by atoms with van der Waals surface area (Å²) in [7, 11) is 3.29. The van der Waals surface area contributed by atoms with E-state index >= 15 is 0 Å². The second-order valence-corrected chi connectivity index (χ2v) is 7.61. The van der Waals surface area contributed by atoms with Crippen molar-refractivity contribution >= 4 is 17.1 Å². The fraction of sp³-hybridized carbons (Fsp3) is 0.417. The van der Waals surface area contributed by atoms with Crippen molar-refractivity contribution in [3.8, 4) is 11.5 Å². The molecule has 0 radical (unpaired) electrons. The van der Waals surface area contributed by atoms with Crippen LogP contribution in [0.4, 0.5) is 17.1 Å². The monoisotopic (exact) mass is 448 g/mol. The van der Waals surface area contributed by atoms with Crippen molar-refractivity contribution in [2.45, 2.75) is 45.1 Å². The Labute approximate surface area is 228 Å². The van der Waals surface area contributed by atoms with E-state index in [9.17, 15) is 0 Å². The molecule has 162 valence electrons. The van der Waals surface area contributed by atoms with Gasteiger partial charge in [-0.15, -0.1) is 5.69 Å². The van der Waals surface area contributed by atoms with E-state index < -0.39 is 0 Å². The van der Waals surface area contributed by atoms with E-state index in [1.54, 1.807) is 14.2 Å². The van der Waals surface area contributed by atoms with Gasteiger partial charge < -0.3 is 31.6 Å². The van der Waals surface area contributed by atoms with Gasteiger partial charge in [0.1, 0.15) is 11.5 Å². The molecule has 0 aromatic heterocycles. The van der Waals surface area contributed by atoms with Crippen molar-refractivity contribution in [1.82, 2.24) is 0 Å². The SMILES string of the molecule is CCCCNc1ccc(N)c([N-]C2=C(C(N)c3cc(OC)cc(OC)c3)CCC2)c1.[K+]. The number of hydrogen-bond donors (Lipinski definition) is 3. The molecule has 2 aromatic rings. The third-order valence-electron chi connectivity index (χ3n) is 5.48. The normalized spacial score (nSPS) is 14.1. The van der Waals surface area contributed by atoms with Crippen molar-refractivity contribution in [3.05, 3.63) is 58.5 Å². The van der Waals surface area contributed by atoms with Crippen LogP contribution in [0.15, 0.2) is 47.7 Å². The maximum absolute atomic E-state index is 6.67. The predicted octanol–water partition coefficient (Wildman–Crippen LogP) is 2.65. The fourth-order valence-corrected chi connectivity index (χ4v) is 3.73. The third kappa shape index (κ3) is 6.88. The quantitative estimate of drug-likeness (QED) is 0.295. The summed E-state index contributed by atoms with van der Waals surface area (Å²) in [4.78, 5) is 0. The van der Waals surface area contributed by atoms with Crippen LogP contribution in [0.1, 0.15) is 50.6 Å². The Morgan fingerprint density at radius 1 is 1.06 bits per heavy atom. The minimum Gasteiger partial charge on any atom is -0.660 e. The number of ether oxygens (including phenoxy) is 2. The Morgan fingerprint density at radius 2 is 1.77 bits per heavy atom. The Kier molecular flexibility index (Phi) is 10.7. The van der Waals surface area contributed by atoms with E-state index in [2.05, 4.69) is 12.2 Å². The third-order valence-corrected chi connectivity index (χ3v) is 5.48. The number of unbranched alkanes of at least 4 members (excludes halogenated alkanes) is 1. The summed E-state index contributed by atoms with van der Waals surface area (Å²) in [6, 6.07) is 11.4. The molecule has 2 aromatic carbocycles. The summed E-state index contributed by atoms with van der Waals surface area (Å²) in [5.41, 5.74) is 18.5. The number of anilines is 2. The maximum atomic E-state index is 6.67. The van der Waals surface area contributed by atoms with Gasteiger partial charge in [0.2, 0.25) is 0 Å². The molecule has 0 saturated carbocycles. The molecule has 0 bridgehead atoms. The standard InChI is InChI=1S/C24H33N4O2.K/c1-4-5-11-27-17-9-10-21(25)23(14-17)28-22-8-6-7-20(22)24(26)16-12-18(29-2)15-19(13-16)30-3;/h9-10,12-15,24,27H,4-8,11,25-26H2,1-3H3;/q-1;+1. The minimum absolute atomic E-state index is 0. The van der Waals surface area contributed by atoms with E-state index in [1.165, 1.54) is 0 Å². The zero-order valence-electron chi connectivity index (χ0n) is 19.2. The number of hydrogen-bond acceptors (Lipinski definition) is 5. The molecule has 3 rings (SSSR count). The summed E-state index contributed by atoms with van der Waals surface area (Å²) >= 11 is 0. The second kappa shape index (κ2) is 12.7. The smallest absolute Gasteiger partial charge is 0.660 e. The Morgan fingerprint density at radius 3 is 2.42 bits per heavy atom. The van der Waals surface area contributed by atoms with Crippen LogP contribution in [0.2, 0.25) is 0 Å². The number of rotatable bonds is 10. The van der Waals surface area contributed by atoms with Crippen molar-refractivity contribution in [1.29, 1.82) is 0 Å². The molecule has 1 aliphatic rings. The van der Waals surface area contributed by atoms with Crippen LogP contribution in [0.3, 0.4) is 0 Å². The molecule has 1 unspecified atom stereocenters. The molecule has 1 atom stereocenters. The topological polar surface area (TPSA) is 96.6 Å². The van der Waals surface area contributed by atoms with E-state index in [0.717, 1.165) is 78.4 Å². The molecule has 6 nitrogen and oxygen atoms in total. The van der Waals surface area contributed by atoms with Gasteiger partial charge in [0.25, 0.3) is 0 Å². The largest absolute Gasteiger partial charge is 1.00 e. The first-order valence-electron chi connectivity index (χ1n) is 10.6. The maximum Gasteiger partial charge on any atom is 1.00 e. The second-order valence-electron chi connectivity index (χ2n) is 7.61. The van der Waals surface area contributed by atoms with Crippen molar-refractivity contribution in [2.24, 2.45) is 5.73 Å². The molecule has 0 heterocycles. The van der Waals surface area contributed by atoms with Gasteiger partial charge in [0.15, 0.2) is 0 Å². The van der Waals surface area contributed by atoms with Gasteiger partial charge in [0, 0.05) is 24.0 Å². The summed E-state index contributed by atoms with van der Waals surface area (Å²) in [6.45, 7) is 3.12. The molecule has 31 heavy (non-hydrogen) atoms. The van der Waals surface area contributed by atoms with E-state index in [-0.39, 0.29) is 57.4 Å². The van der Waals surface area contributed by atoms with Crippen LogP contribution in [0.25, 0.3) is 5.32 Å². The summed E-state index contributed by atoms with van der Waals surface area (Å²) in [5.74, 6) is 1.46. The number of nitrogen functional groups attached to an aromatic ring is 1. The molecule has 5 N–H and O–H groups in total. The number of nitrogens with two attached hydrogens (primary N) is 2. The van der Waals surface area contributed by atoms with Crippen LogP contribution in [-0.4, -0.2) is 20.8 Å². The molecule has 0 spiro atoms. The van der Waals surface area contributed by atoms with Crippen molar-refractivity contribution in [3.63, 3.8) is 0 Å². The summed E-state index contributed by atoms with van der Waals surface area (Å²) < 4.78 is 10.8. The molecule has 0 aliphatic heterocycles. The van der Waals surface area contributed by atoms with Gasteiger partial charge in [-0.2, -0.15) is 5.70 Å². The molecule has 0 fully saturated rings. The van der Waals surface area contributed by atoms with Crippen LogP contribution < -0.4 is 77.6 Å². The van der Waals surface area contributed by atoms with E-state index in [0.29, 0.717) is 5.69 Å². The molecule has 0 saturated heterocycles. The first-order chi connectivity index (χ1) is 14.5. The van der Waals surface area contributed by atoms with Crippen LogP contribution in [0, 0.1) is 0 Å². The van der Waals surface area contributed by atoms with Gasteiger partial charge in [-0.1, -0.05) is 25.0 Å². The molecule has 0 amide bonds. The Bertz CT molecular complexity index is 879. The van der Waals surface area contributed by atoms with Gasteiger partial charge in [-0.3, -0.25) is 0 Å². The average Bonchev–Trinajstić information content (AvgIpc) is 3.23. The first-order valence-corrected chi connectivity index (χ1v) is 10.6. The number of benzene rings is 2. The number of nitrogens with zero attached hydrogens (tertiary/aromatic N) is 1. The summed E-state index contributed by atoms with van der Waals surface area (Å²) in [6.07, 6.45) is 5.15. The van der Waals surface area contributed by atoms with Crippen molar-refractivity contribution in [2.75, 3.05) is 31.8 Å². The number of methoxy groups -OCH3 is 2. The fourth-order valence-electron chi connectivity index (χ4n) is 3.73. The Balaban J connectivity index is 0.00000341. The van der Waals surface area contributed by atoms with Crippen molar-refractivity contribution < 1.29 is 60.9 Å². The van der Waals surface area contributed by atoms with Gasteiger partial charge >= 0.3 is 51.4 Å². The molecule has 1 aliphatic carbocycles. The molecular weight excluding hydrogens is 415 g/mol. The van der Waals surface area contributed by atoms with Gasteiger partial charge in [-0.05, 0) is 55.5 Å². The van der Waals surface area contributed by atoms with Crippen LogP contribution in [0.5, 0.6) is 11.5 Å². The number of nitrogens with one attached hydrogen (secondary N) is 1. The van der Waals surface area contributed by atoms with Gasteiger partial charge in [0.05, 0.1) is 20.3 Å². The Hall–Kier alpha value is -1.22. The first kappa shape index (κ1) is 26.0. The minimum atomic E-state index is -0.262. The summed E-state index contributed by atoms with van der Waals surface area (Å²) in [5, 5.41) is 8.37. The van der Waals surface area contributed by atoms with Gasteiger partial charge in [-0.25, -0.2) is 0 Å². The van der Waals surface area contributed by atoms with Crippen LogP contribution >= 0.6 is 0 Å². The predicted molar refractivity (Wildman–Crippen MR) is 125 cm³/mol. The molecule has 7 heteroatoms. The zero-order valence-corrected chi connectivity index (χ0v) is 22.3.